The van der Waals surface area contributed by atoms with Crippen LogP contribution in [0.15, 0.2) is 30.3 Å². The minimum Gasteiger partial charge on any atom is -0.267 e. The van der Waals surface area contributed by atoms with Crippen LogP contribution in [0.2, 0.25) is 0 Å². The molecule has 2 aromatic carbocycles. The highest BCUT2D eigenvalue weighted by molar-refractivity contribution is 6.01. The van der Waals surface area contributed by atoms with Gasteiger partial charge >= 0.3 is 0 Å². The van der Waals surface area contributed by atoms with Crippen molar-refractivity contribution in [3.8, 4) is 0 Å². The molecule has 26 heavy (non-hydrogen) atoms. The molecule has 4 heteroatoms. The summed E-state index contributed by atoms with van der Waals surface area (Å²) in [6.45, 7) is 14.1. The number of hydrogen-bond donors (Lipinski definition) is 2. The first kappa shape index (κ1) is 19.7. The van der Waals surface area contributed by atoms with E-state index >= 15 is 0 Å². The lowest BCUT2D eigenvalue weighted by Crippen LogP contribution is -2.42. The maximum Gasteiger partial charge on any atom is 0.270 e. The van der Waals surface area contributed by atoms with Crippen molar-refractivity contribution in [2.24, 2.45) is 0 Å². The minimum atomic E-state index is -0.318. The Labute approximate surface area is 156 Å². The fourth-order valence-electron chi connectivity index (χ4n) is 3.39. The molecule has 0 atom stereocenters. The summed E-state index contributed by atoms with van der Waals surface area (Å²) in [6.07, 6.45) is 0. The van der Waals surface area contributed by atoms with E-state index in [0.29, 0.717) is 11.1 Å². The Morgan fingerprint density at radius 3 is 1.96 bits per heavy atom. The summed E-state index contributed by atoms with van der Waals surface area (Å²) in [5.74, 6) is -0.624. The molecule has 4 nitrogen and oxygen atoms in total. The fourth-order valence-corrected chi connectivity index (χ4v) is 3.39. The highest BCUT2D eigenvalue weighted by Gasteiger charge is 2.24. The maximum atomic E-state index is 12.8. The highest BCUT2D eigenvalue weighted by atomic mass is 16.2. The summed E-state index contributed by atoms with van der Waals surface area (Å²) < 4.78 is 0. The van der Waals surface area contributed by atoms with Crippen molar-refractivity contribution < 1.29 is 9.59 Å². The second-order valence-corrected chi connectivity index (χ2v) is 7.91. The number of aryl methyl sites for hydroxylation is 3. The Balaban J connectivity index is 2.26. The molecule has 2 rings (SSSR count). The number of carbonyl (C=O) groups is 2. The molecule has 138 valence electrons. The molecular formula is C22H28N2O2. The molecule has 0 bridgehead atoms. The number of amides is 2. The van der Waals surface area contributed by atoms with Crippen molar-refractivity contribution in [3.05, 3.63) is 69.3 Å². The molecular weight excluding hydrogens is 324 g/mol. The van der Waals surface area contributed by atoms with Gasteiger partial charge in [-0.2, -0.15) is 0 Å². The van der Waals surface area contributed by atoms with Crippen molar-refractivity contribution >= 4 is 11.8 Å². The average molecular weight is 352 g/mol. The number of rotatable bonds is 2. The Hall–Kier alpha value is -2.62. The molecule has 0 aromatic heterocycles. The van der Waals surface area contributed by atoms with Gasteiger partial charge in [-0.25, -0.2) is 0 Å². The zero-order valence-electron chi connectivity index (χ0n) is 16.7. The van der Waals surface area contributed by atoms with Crippen molar-refractivity contribution in [1.82, 2.24) is 10.9 Å². The Morgan fingerprint density at radius 1 is 0.808 bits per heavy atom. The summed E-state index contributed by atoms with van der Waals surface area (Å²) in [7, 11) is 0. The van der Waals surface area contributed by atoms with Crippen molar-refractivity contribution in [2.75, 3.05) is 0 Å². The SMILES string of the molecule is Cc1cc(C)c(C(C)(C)C)c(C(=O)NNC(=O)c2cccc(C)c2C)c1. The van der Waals surface area contributed by atoms with Gasteiger partial charge in [-0.15, -0.1) is 0 Å². The minimum absolute atomic E-state index is 0.179. The molecule has 0 aliphatic rings. The van der Waals surface area contributed by atoms with Crippen LogP contribution in [0.25, 0.3) is 0 Å². The van der Waals surface area contributed by atoms with Gasteiger partial charge in [0.1, 0.15) is 0 Å². The highest BCUT2D eigenvalue weighted by Crippen LogP contribution is 2.30. The predicted octanol–water partition coefficient (Wildman–Crippen LogP) is 4.29. The van der Waals surface area contributed by atoms with Crippen LogP contribution >= 0.6 is 0 Å². The molecule has 2 aromatic rings. The topological polar surface area (TPSA) is 58.2 Å². The lowest BCUT2D eigenvalue weighted by molar-refractivity contribution is 0.0845. The Kier molecular flexibility index (Phi) is 5.55. The summed E-state index contributed by atoms with van der Waals surface area (Å²) >= 11 is 0. The first-order chi connectivity index (χ1) is 12.0. The van der Waals surface area contributed by atoms with Gasteiger partial charge in [0.05, 0.1) is 0 Å². The Bertz CT molecular complexity index is 861. The molecule has 0 unspecified atom stereocenters. The van der Waals surface area contributed by atoms with Crippen LogP contribution in [0.3, 0.4) is 0 Å². The van der Waals surface area contributed by atoms with Crippen molar-refractivity contribution in [2.45, 2.75) is 53.9 Å². The van der Waals surface area contributed by atoms with Gasteiger partial charge in [0.15, 0.2) is 0 Å². The van der Waals surface area contributed by atoms with Crippen molar-refractivity contribution in [3.63, 3.8) is 0 Å². The van der Waals surface area contributed by atoms with Crippen LogP contribution in [-0.4, -0.2) is 11.8 Å². The Morgan fingerprint density at radius 2 is 1.38 bits per heavy atom. The molecule has 0 spiro atoms. The van der Waals surface area contributed by atoms with Crippen LogP contribution in [-0.2, 0) is 5.41 Å². The molecule has 2 N–H and O–H groups in total. The van der Waals surface area contributed by atoms with Crippen LogP contribution in [0.1, 0.15) is 69.3 Å². The number of hydrazine groups is 1. The lowest BCUT2D eigenvalue weighted by atomic mass is 9.80. The van der Waals surface area contributed by atoms with E-state index < -0.39 is 0 Å². The summed E-state index contributed by atoms with van der Waals surface area (Å²) in [5.41, 5.74) is 11.1. The summed E-state index contributed by atoms with van der Waals surface area (Å²) in [5, 5.41) is 0. The first-order valence-electron chi connectivity index (χ1n) is 8.81. The van der Waals surface area contributed by atoms with E-state index in [0.717, 1.165) is 27.8 Å². The van der Waals surface area contributed by atoms with Gasteiger partial charge in [0.2, 0.25) is 0 Å². The fraction of sp³-hybridized carbons (Fsp3) is 0.364. The maximum absolute atomic E-state index is 12.8. The van der Waals surface area contributed by atoms with E-state index in [4.69, 9.17) is 0 Å². The van der Waals surface area contributed by atoms with Gasteiger partial charge in [-0.3, -0.25) is 20.4 Å². The largest absolute Gasteiger partial charge is 0.270 e. The monoisotopic (exact) mass is 352 g/mol. The molecule has 0 saturated carbocycles. The number of benzene rings is 2. The third-order valence-electron chi connectivity index (χ3n) is 4.61. The van der Waals surface area contributed by atoms with E-state index in [1.165, 1.54) is 0 Å². The van der Waals surface area contributed by atoms with Gasteiger partial charge in [0, 0.05) is 11.1 Å². The van der Waals surface area contributed by atoms with Gasteiger partial charge in [-0.05, 0) is 67.5 Å². The van der Waals surface area contributed by atoms with E-state index in [1.54, 1.807) is 6.07 Å². The second kappa shape index (κ2) is 7.32. The van der Waals surface area contributed by atoms with Crippen LogP contribution in [0.4, 0.5) is 0 Å². The molecule has 0 aliphatic heterocycles. The summed E-state index contributed by atoms with van der Waals surface area (Å²) in [4.78, 5) is 25.2. The number of carbonyl (C=O) groups excluding carboxylic acids is 2. The molecule has 0 fully saturated rings. The molecule has 2 amide bonds. The second-order valence-electron chi connectivity index (χ2n) is 7.91. The number of hydrogen-bond acceptors (Lipinski definition) is 2. The lowest BCUT2D eigenvalue weighted by Gasteiger charge is -2.25. The van der Waals surface area contributed by atoms with Gasteiger partial charge < -0.3 is 0 Å². The van der Waals surface area contributed by atoms with E-state index in [1.807, 2.05) is 45.9 Å². The smallest absolute Gasteiger partial charge is 0.267 e. The quantitative estimate of drug-likeness (QED) is 0.792. The van der Waals surface area contributed by atoms with Crippen LogP contribution in [0.5, 0.6) is 0 Å². The normalized spacial score (nSPS) is 11.2. The molecule has 0 radical (unpaired) electrons. The predicted molar refractivity (Wildman–Crippen MR) is 105 cm³/mol. The molecule has 0 saturated heterocycles. The summed E-state index contributed by atoms with van der Waals surface area (Å²) in [6, 6.07) is 9.48. The zero-order valence-corrected chi connectivity index (χ0v) is 16.7. The third kappa shape index (κ3) is 4.13. The first-order valence-corrected chi connectivity index (χ1v) is 8.81. The molecule has 0 heterocycles. The third-order valence-corrected chi connectivity index (χ3v) is 4.61. The van der Waals surface area contributed by atoms with E-state index in [9.17, 15) is 9.59 Å². The standard InChI is InChI=1S/C22H28N2O2/c1-13-11-15(3)19(22(5,6)7)18(12-13)21(26)24-23-20(25)17-10-8-9-14(2)16(17)4/h8-12H,1-7H3,(H,23,25)(H,24,26). The van der Waals surface area contributed by atoms with E-state index in [-0.39, 0.29) is 17.2 Å². The van der Waals surface area contributed by atoms with Crippen LogP contribution in [0, 0.1) is 27.7 Å². The number of nitrogens with one attached hydrogen (secondary N) is 2. The van der Waals surface area contributed by atoms with Gasteiger partial charge in [0.25, 0.3) is 11.8 Å². The van der Waals surface area contributed by atoms with Crippen LogP contribution < -0.4 is 10.9 Å². The van der Waals surface area contributed by atoms with Gasteiger partial charge in [-0.1, -0.05) is 44.5 Å². The average Bonchev–Trinajstić information content (AvgIpc) is 2.52. The van der Waals surface area contributed by atoms with Crippen molar-refractivity contribution in [1.29, 1.82) is 0 Å². The van der Waals surface area contributed by atoms with E-state index in [2.05, 4.69) is 37.7 Å². The zero-order chi connectivity index (χ0) is 19.6. The molecule has 0 aliphatic carbocycles.